The third-order valence-corrected chi connectivity index (χ3v) is 6.64. The number of H-pyrrole nitrogens is 1. The zero-order valence-corrected chi connectivity index (χ0v) is 26.7. The summed E-state index contributed by atoms with van der Waals surface area (Å²) in [5, 5.41) is 16.1. The molecule has 3 amide bonds. The zero-order valence-electron chi connectivity index (χ0n) is 26.7. The maximum Gasteiger partial charge on any atom is 0.408 e. The molecular formula is C32H44N6O6. The Bertz CT molecular complexity index is 1570. The number of imidazole rings is 1. The lowest BCUT2D eigenvalue weighted by Crippen LogP contribution is -2.46. The predicted molar refractivity (Wildman–Crippen MR) is 169 cm³/mol. The van der Waals surface area contributed by atoms with Crippen LogP contribution in [0.25, 0.3) is 11.0 Å². The lowest BCUT2D eigenvalue weighted by Gasteiger charge is -2.26. The molecular weight excluding hydrogens is 564 g/mol. The molecule has 2 aromatic heterocycles. The van der Waals surface area contributed by atoms with E-state index in [1.165, 1.54) is 21.6 Å². The Morgan fingerprint density at radius 2 is 1.82 bits per heavy atom. The van der Waals surface area contributed by atoms with Crippen molar-refractivity contribution >= 4 is 34.6 Å². The molecule has 0 radical (unpaired) electrons. The highest BCUT2D eigenvalue weighted by Crippen LogP contribution is 2.35. The number of aromatic amines is 1. The quantitative estimate of drug-likeness (QED) is 0.252. The molecule has 238 valence electrons. The number of rotatable bonds is 10. The molecule has 1 aromatic carbocycles. The van der Waals surface area contributed by atoms with Crippen molar-refractivity contribution in [1.29, 1.82) is 0 Å². The first kappa shape index (κ1) is 34.0. The highest BCUT2D eigenvalue weighted by molar-refractivity contribution is 5.96. The Kier molecular flexibility index (Phi) is 10.7. The molecule has 0 fully saturated rings. The lowest BCUT2D eigenvalue weighted by atomic mass is 9.84. The van der Waals surface area contributed by atoms with E-state index in [1.54, 1.807) is 53.2 Å². The maximum atomic E-state index is 13.4. The minimum atomic E-state index is -1.04. The number of nitrogens with zero attached hydrogens (tertiary/aromatic N) is 3. The van der Waals surface area contributed by atoms with Crippen LogP contribution in [0.4, 0.5) is 10.5 Å². The normalized spacial score (nSPS) is 13.5. The van der Waals surface area contributed by atoms with Crippen molar-refractivity contribution in [2.45, 2.75) is 78.7 Å². The second kappa shape index (κ2) is 13.9. The summed E-state index contributed by atoms with van der Waals surface area (Å²) in [5.41, 5.74) is 0.454. The van der Waals surface area contributed by atoms with E-state index in [-0.39, 0.29) is 30.0 Å². The summed E-state index contributed by atoms with van der Waals surface area (Å²) in [4.78, 5) is 60.3. The molecule has 0 saturated carbocycles. The molecule has 2 heterocycles. The van der Waals surface area contributed by atoms with Crippen molar-refractivity contribution in [2.75, 3.05) is 19.4 Å². The molecule has 0 aliphatic carbocycles. The van der Waals surface area contributed by atoms with E-state index < -0.39 is 35.3 Å². The van der Waals surface area contributed by atoms with Crippen LogP contribution in [-0.4, -0.2) is 68.2 Å². The van der Waals surface area contributed by atoms with Crippen LogP contribution >= 0.6 is 0 Å². The average Bonchev–Trinajstić information content (AvgIpc) is 3.33. The van der Waals surface area contributed by atoms with Crippen LogP contribution in [0, 0.1) is 5.41 Å². The molecule has 1 unspecified atom stereocenters. The number of allylic oxidation sites excluding steroid dienone is 1. The van der Waals surface area contributed by atoms with E-state index in [9.17, 15) is 24.3 Å². The SMILES string of the molecule is CN(C)C(=O)/C=C/CC[C@H](NC(=O)OC(C)(C)C)C(=O)Nc1cccn(Cc2nc3cccc(C(O)C(C)(C)C)c3[nH]2)c1=O. The number of carbonyl (C=O) groups excluding carboxylic acids is 3. The van der Waals surface area contributed by atoms with E-state index in [0.717, 1.165) is 0 Å². The Labute approximate surface area is 257 Å². The molecule has 0 aliphatic heterocycles. The summed E-state index contributed by atoms with van der Waals surface area (Å²) in [6, 6.07) is 7.57. The number of aliphatic hydroxyl groups excluding tert-OH is 1. The first-order valence-corrected chi connectivity index (χ1v) is 14.5. The van der Waals surface area contributed by atoms with Crippen LogP contribution in [0.2, 0.25) is 0 Å². The standard InChI is InChI=1S/C32H44N6O6/c1-31(2,3)27(40)20-13-11-15-21-26(20)36-24(33-21)19-38-18-12-16-23(29(38)42)34-28(41)22(35-30(43)44-32(4,5)6)14-9-10-17-25(39)37(7)8/h10-13,15-18,22,27,40H,9,14,19H2,1-8H3,(H,33,36)(H,34,41)(H,35,43)/b17-10+/t22-,27?/m0/s1. The van der Waals surface area contributed by atoms with Gasteiger partial charge in [0, 0.05) is 25.9 Å². The van der Waals surface area contributed by atoms with Gasteiger partial charge in [0.15, 0.2) is 0 Å². The summed E-state index contributed by atoms with van der Waals surface area (Å²) < 4.78 is 6.72. The van der Waals surface area contributed by atoms with Crippen LogP contribution in [0.1, 0.15) is 71.9 Å². The number of likely N-dealkylation sites (N-methyl/N-ethyl adjacent to an activating group) is 1. The average molecular weight is 609 g/mol. The largest absolute Gasteiger partial charge is 0.444 e. The summed E-state index contributed by atoms with van der Waals surface area (Å²) >= 11 is 0. The van der Waals surface area contributed by atoms with Crippen LogP contribution in [0.15, 0.2) is 53.5 Å². The van der Waals surface area contributed by atoms with Gasteiger partial charge in [-0.15, -0.1) is 0 Å². The fraction of sp³-hybridized carbons (Fsp3) is 0.469. The van der Waals surface area contributed by atoms with Gasteiger partial charge in [-0.3, -0.25) is 14.4 Å². The highest BCUT2D eigenvalue weighted by Gasteiger charge is 2.27. The molecule has 12 heteroatoms. The smallest absolute Gasteiger partial charge is 0.408 e. The van der Waals surface area contributed by atoms with Crippen molar-refractivity contribution < 1.29 is 24.2 Å². The van der Waals surface area contributed by atoms with Gasteiger partial charge in [0.05, 0.1) is 23.7 Å². The fourth-order valence-corrected chi connectivity index (χ4v) is 4.33. The Hall–Kier alpha value is -4.45. The number of hydrogen-bond donors (Lipinski definition) is 4. The van der Waals surface area contributed by atoms with E-state index >= 15 is 0 Å². The number of amides is 3. The molecule has 12 nitrogen and oxygen atoms in total. The number of aliphatic hydroxyl groups is 1. The molecule has 0 saturated heterocycles. The Morgan fingerprint density at radius 3 is 2.45 bits per heavy atom. The second-order valence-electron chi connectivity index (χ2n) is 12.9. The number of hydrogen-bond acceptors (Lipinski definition) is 7. The monoisotopic (exact) mass is 608 g/mol. The number of pyridine rings is 1. The number of anilines is 1. The maximum absolute atomic E-state index is 13.4. The van der Waals surface area contributed by atoms with Gasteiger partial charge >= 0.3 is 6.09 Å². The van der Waals surface area contributed by atoms with Crippen molar-refractivity contribution in [3.63, 3.8) is 0 Å². The van der Waals surface area contributed by atoms with Gasteiger partial charge < -0.3 is 34.9 Å². The van der Waals surface area contributed by atoms with Crippen molar-refractivity contribution in [2.24, 2.45) is 5.41 Å². The molecule has 0 spiro atoms. The number of para-hydroxylation sites is 1. The van der Waals surface area contributed by atoms with Crippen molar-refractivity contribution in [1.82, 2.24) is 24.8 Å². The highest BCUT2D eigenvalue weighted by atomic mass is 16.6. The third-order valence-electron chi connectivity index (χ3n) is 6.64. The van der Waals surface area contributed by atoms with Gasteiger partial charge in [-0.2, -0.15) is 0 Å². The predicted octanol–water partition coefficient (Wildman–Crippen LogP) is 4.11. The number of nitrogens with one attached hydrogen (secondary N) is 3. The van der Waals surface area contributed by atoms with Gasteiger partial charge in [0.2, 0.25) is 11.8 Å². The summed E-state index contributed by atoms with van der Waals surface area (Å²) in [6.07, 6.45) is 3.55. The number of alkyl carbamates (subject to hydrolysis) is 1. The topological polar surface area (TPSA) is 159 Å². The minimum Gasteiger partial charge on any atom is -0.444 e. The first-order valence-electron chi connectivity index (χ1n) is 14.5. The van der Waals surface area contributed by atoms with Crippen LogP contribution < -0.4 is 16.2 Å². The summed E-state index contributed by atoms with van der Waals surface area (Å²) in [7, 11) is 3.26. The van der Waals surface area contributed by atoms with Gasteiger partial charge in [-0.25, -0.2) is 9.78 Å². The molecule has 3 aromatic rings. The Morgan fingerprint density at radius 1 is 1.11 bits per heavy atom. The molecule has 2 atom stereocenters. The zero-order chi connectivity index (χ0) is 32.8. The van der Waals surface area contributed by atoms with Gasteiger partial charge in [0.1, 0.15) is 23.2 Å². The number of benzene rings is 1. The molecule has 3 rings (SSSR count). The van der Waals surface area contributed by atoms with E-state index in [0.29, 0.717) is 28.8 Å². The number of fused-ring (bicyclic) bond motifs is 1. The summed E-state index contributed by atoms with van der Waals surface area (Å²) in [5.74, 6) is -0.313. The van der Waals surface area contributed by atoms with Crippen molar-refractivity contribution in [3.8, 4) is 0 Å². The molecule has 0 bridgehead atoms. The Balaban J connectivity index is 1.81. The van der Waals surface area contributed by atoms with Gasteiger partial charge in [-0.05, 0) is 63.3 Å². The third kappa shape index (κ3) is 9.27. The van der Waals surface area contributed by atoms with Gasteiger partial charge in [-0.1, -0.05) is 39.0 Å². The van der Waals surface area contributed by atoms with E-state index in [1.807, 2.05) is 39.0 Å². The van der Waals surface area contributed by atoms with E-state index in [2.05, 4.69) is 20.6 Å². The number of aromatic nitrogens is 3. The lowest BCUT2D eigenvalue weighted by molar-refractivity contribution is -0.123. The van der Waals surface area contributed by atoms with Crippen LogP contribution in [0.5, 0.6) is 0 Å². The number of ether oxygens (including phenoxy) is 1. The first-order chi connectivity index (χ1) is 20.5. The van der Waals surface area contributed by atoms with Crippen molar-refractivity contribution in [3.05, 3.63) is 70.4 Å². The molecule has 4 N–H and O–H groups in total. The van der Waals surface area contributed by atoms with Crippen LogP contribution in [-0.2, 0) is 20.9 Å². The number of carbonyl (C=O) groups is 3. The summed E-state index contributed by atoms with van der Waals surface area (Å²) in [6.45, 7) is 11.1. The minimum absolute atomic E-state index is 0.0202. The van der Waals surface area contributed by atoms with E-state index in [4.69, 9.17) is 4.74 Å². The van der Waals surface area contributed by atoms with Crippen LogP contribution in [0.3, 0.4) is 0 Å². The second-order valence-corrected chi connectivity index (χ2v) is 12.9. The fourth-order valence-electron chi connectivity index (χ4n) is 4.33. The molecule has 44 heavy (non-hydrogen) atoms. The van der Waals surface area contributed by atoms with Gasteiger partial charge in [0.25, 0.3) is 5.56 Å². The molecule has 0 aliphatic rings.